The molecule has 0 aromatic rings. The molecule has 4 nitrogen and oxygen atoms in total. The van der Waals surface area contributed by atoms with Crippen molar-refractivity contribution in [3.63, 3.8) is 0 Å². The van der Waals surface area contributed by atoms with Gasteiger partial charge in [0.25, 0.3) is 0 Å². The van der Waals surface area contributed by atoms with E-state index >= 15 is 0 Å². The Bertz CT molecular complexity index is 338. The standard InChI is InChI=1S/C9H18N2O2S2/c1-7(2)10-9(14)11-4-5-15(12,13)6-8(11)3/h7-8H,4-6H2,1-3H3,(H,10,14). The molecule has 15 heavy (non-hydrogen) atoms. The van der Waals surface area contributed by atoms with Gasteiger partial charge in [-0.05, 0) is 33.0 Å². The zero-order valence-electron chi connectivity index (χ0n) is 9.36. The summed E-state index contributed by atoms with van der Waals surface area (Å²) in [5.41, 5.74) is 0. The maximum atomic E-state index is 11.4. The van der Waals surface area contributed by atoms with Gasteiger partial charge >= 0.3 is 0 Å². The van der Waals surface area contributed by atoms with Gasteiger partial charge in [-0.3, -0.25) is 0 Å². The fraction of sp³-hybridized carbons (Fsp3) is 0.889. The summed E-state index contributed by atoms with van der Waals surface area (Å²) in [5, 5.41) is 3.79. The summed E-state index contributed by atoms with van der Waals surface area (Å²) >= 11 is 5.22. The van der Waals surface area contributed by atoms with Crippen molar-refractivity contribution >= 4 is 27.2 Å². The second-order valence-electron chi connectivity index (χ2n) is 4.26. The van der Waals surface area contributed by atoms with E-state index in [1.54, 1.807) is 0 Å². The molecule has 0 radical (unpaired) electrons. The lowest BCUT2D eigenvalue weighted by atomic mass is 10.3. The van der Waals surface area contributed by atoms with E-state index in [-0.39, 0.29) is 23.6 Å². The molecule has 0 amide bonds. The van der Waals surface area contributed by atoms with Gasteiger partial charge < -0.3 is 10.2 Å². The SMILES string of the molecule is CC(C)NC(=S)N1CCS(=O)(=O)CC1C. The third-order valence-electron chi connectivity index (χ3n) is 2.34. The normalized spacial score (nSPS) is 25.3. The second kappa shape index (κ2) is 4.65. The van der Waals surface area contributed by atoms with Gasteiger partial charge in [-0.15, -0.1) is 0 Å². The van der Waals surface area contributed by atoms with Gasteiger partial charge in [-0.2, -0.15) is 0 Å². The van der Waals surface area contributed by atoms with Crippen LogP contribution in [0.5, 0.6) is 0 Å². The van der Waals surface area contributed by atoms with Crippen molar-refractivity contribution < 1.29 is 8.42 Å². The first-order valence-electron chi connectivity index (χ1n) is 5.09. The van der Waals surface area contributed by atoms with Crippen molar-refractivity contribution in [3.05, 3.63) is 0 Å². The van der Waals surface area contributed by atoms with Gasteiger partial charge in [-0.1, -0.05) is 0 Å². The predicted octanol–water partition coefficient (Wildman–Crippen LogP) is 0.388. The number of hydrogen-bond donors (Lipinski definition) is 1. The topological polar surface area (TPSA) is 49.4 Å². The van der Waals surface area contributed by atoms with Gasteiger partial charge in [0.1, 0.15) is 0 Å². The first kappa shape index (κ1) is 12.7. The monoisotopic (exact) mass is 250 g/mol. The summed E-state index contributed by atoms with van der Waals surface area (Å²) in [5.74, 6) is 0.407. The third kappa shape index (κ3) is 3.61. The van der Waals surface area contributed by atoms with Crippen molar-refractivity contribution in [1.29, 1.82) is 0 Å². The summed E-state index contributed by atoms with van der Waals surface area (Å²) < 4.78 is 22.7. The quantitative estimate of drug-likeness (QED) is 0.682. The minimum atomic E-state index is -2.86. The Morgan fingerprint density at radius 1 is 1.53 bits per heavy atom. The third-order valence-corrected chi connectivity index (χ3v) is 4.49. The van der Waals surface area contributed by atoms with Crippen molar-refractivity contribution in [2.45, 2.75) is 32.9 Å². The average molecular weight is 250 g/mol. The van der Waals surface area contributed by atoms with Crippen molar-refractivity contribution in [2.75, 3.05) is 18.1 Å². The Morgan fingerprint density at radius 2 is 2.13 bits per heavy atom. The summed E-state index contributed by atoms with van der Waals surface area (Å²) in [7, 11) is -2.86. The zero-order chi connectivity index (χ0) is 11.6. The molecule has 1 N–H and O–H groups in total. The van der Waals surface area contributed by atoms with Crippen molar-refractivity contribution in [1.82, 2.24) is 10.2 Å². The van der Waals surface area contributed by atoms with E-state index in [4.69, 9.17) is 12.2 Å². The van der Waals surface area contributed by atoms with Crippen LogP contribution in [0.25, 0.3) is 0 Å². The predicted molar refractivity (Wildman–Crippen MR) is 65.7 cm³/mol. The zero-order valence-corrected chi connectivity index (χ0v) is 11.0. The minimum Gasteiger partial charge on any atom is -0.360 e. The lowest BCUT2D eigenvalue weighted by Gasteiger charge is -2.35. The Morgan fingerprint density at radius 3 is 2.60 bits per heavy atom. The van der Waals surface area contributed by atoms with Crippen molar-refractivity contribution in [3.8, 4) is 0 Å². The molecule has 1 heterocycles. The van der Waals surface area contributed by atoms with Crippen LogP contribution < -0.4 is 5.32 Å². The number of nitrogens with zero attached hydrogens (tertiary/aromatic N) is 1. The number of rotatable bonds is 1. The maximum absolute atomic E-state index is 11.4. The Balaban J connectivity index is 2.62. The first-order chi connectivity index (χ1) is 6.82. The van der Waals surface area contributed by atoms with E-state index in [1.165, 1.54) is 0 Å². The largest absolute Gasteiger partial charge is 0.360 e. The highest BCUT2D eigenvalue weighted by atomic mass is 32.2. The van der Waals surface area contributed by atoms with Gasteiger partial charge in [0.15, 0.2) is 14.9 Å². The van der Waals surface area contributed by atoms with E-state index in [9.17, 15) is 8.42 Å². The van der Waals surface area contributed by atoms with E-state index in [1.807, 2.05) is 25.7 Å². The Hall–Kier alpha value is -0.360. The molecule has 1 rings (SSSR count). The van der Waals surface area contributed by atoms with E-state index < -0.39 is 9.84 Å². The van der Waals surface area contributed by atoms with Crippen LogP contribution in [0.4, 0.5) is 0 Å². The number of hydrogen-bond acceptors (Lipinski definition) is 3. The van der Waals surface area contributed by atoms with E-state index in [0.717, 1.165) is 0 Å². The molecule has 88 valence electrons. The molecule has 1 aliphatic heterocycles. The average Bonchev–Trinajstić information content (AvgIpc) is 1.99. The van der Waals surface area contributed by atoms with Crippen LogP contribution in [0.15, 0.2) is 0 Å². The molecule has 1 unspecified atom stereocenters. The molecule has 0 aliphatic carbocycles. The van der Waals surface area contributed by atoms with Crippen LogP contribution in [0.3, 0.4) is 0 Å². The molecule has 0 spiro atoms. The minimum absolute atomic E-state index is 0.0255. The Labute approximate surface area is 96.9 Å². The molecule has 1 aliphatic rings. The summed E-state index contributed by atoms with van der Waals surface area (Å²) in [4.78, 5) is 1.95. The summed E-state index contributed by atoms with van der Waals surface area (Å²) in [6, 6.07) is 0.255. The van der Waals surface area contributed by atoms with Gasteiger partial charge in [-0.25, -0.2) is 8.42 Å². The van der Waals surface area contributed by atoms with E-state index in [0.29, 0.717) is 11.7 Å². The molecule has 1 saturated heterocycles. The van der Waals surface area contributed by atoms with Crippen LogP contribution in [0, 0.1) is 0 Å². The fourth-order valence-electron chi connectivity index (χ4n) is 1.63. The lowest BCUT2D eigenvalue weighted by molar-refractivity contribution is 0.345. The van der Waals surface area contributed by atoms with Gasteiger partial charge in [0, 0.05) is 18.6 Å². The number of sulfone groups is 1. The van der Waals surface area contributed by atoms with Crippen LogP contribution in [0.2, 0.25) is 0 Å². The molecular weight excluding hydrogens is 232 g/mol. The summed E-state index contributed by atoms with van der Waals surface area (Å²) in [6.45, 7) is 6.42. The molecule has 0 bridgehead atoms. The summed E-state index contributed by atoms with van der Waals surface area (Å²) in [6.07, 6.45) is 0. The maximum Gasteiger partial charge on any atom is 0.169 e. The van der Waals surface area contributed by atoms with Crippen LogP contribution in [0.1, 0.15) is 20.8 Å². The highest BCUT2D eigenvalue weighted by Gasteiger charge is 2.29. The molecular formula is C9H18N2O2S2. The van der Waals surface area contributed by atoms with E-state index in [2.05, 4.69) is 5.32 Å². The first-order valence-corrected chi connectivity index (χ1v) is 7.32. The molecule has 0 aromatic heterocycles. The highest BCUT2D eigenvalue weighted by molar-refractivity contribution is 7.91. The van der Waals surface area contributed by atoms with Crippen LogP contribution in [-0.2, 0) is 9.84 Å². The molecule has 0 aromatic carbocycles. The van der Waals surface area contributed by atoms with Gasteiger partial charge in [0.2, 0.25) is 0 Å². The second-order valence-corrected chi connectivity index (χ2v) is 6.88. The Kier molecular flexibility index (Phi) is 3.94. The molecule has 1 atom stereocenters. The van der Waals surface area contributed by atoms with Gasteiger partial charge in [0.05, 0.1) is 11.5 Å². The van der Waals surface area contributed by atoms with Crippen molar-refractivity contribution in [2.24, 2.45) is 0 Å². The van der Waals surface area contributed by atoms with Crippen LogP contribution in [-0.4, -0.2) is 48.6 Å². The molecule has 1 fully saturated rings. The number of thiocarbonyl (C=S) groups is 1. The molecule has 0 saturated carbocycles. The fourth-order valence-corrected chi connectivity index (χ4v) is 3.69. The highest BCUT2D eigenvalue weighted by Crippen LogP contribution is 2.11. The van der Waals surface area contributed by atoms with Crippen LogP contribution >= 0.6 is 12.2 Å². The number of nitrogens with one attached hydrogen (secondary N) is 1. The lowest BCUT2D eigenvalue weighted by Crippen LogP contribution is -2.54. The molecule has 6 heteroatoms. The smallest absolute Gasteiger partial charge is 0.169 e.